The molecule has 0 bridgehead atoms. The van der Waals surface area contributed by atoms with Gasteiger partial charge in [0.05, 0.1) is 41.3 Å². The first-order valence-electron chi connectivity index (χ1n) is 5.47. The van der Waals surface area contributed by atoms with E-state index in [2.05, 4.69) is 42.6 Å². The fraction of sp³-hybridized carbons (Fsp3) is 0.900. The second kappa shape index (κ2) is 4.69. The molecule has 1 rings (SSSR count). The Morgan fingerprint density at radius 3 is 1.38 bits per heavy atom. The molecule has 0 saturated carbocycles. The Balaban J connectivity index is 0.000000325. The van der Waals surface area contributed by atoms with Crippen LogP contribution in [0.3, 0.4) is 0 Å². The van der Waals surface area contributed by atoms with Gasteiger partial charge >= 0.3 is 41.8 Å². The molecule has 0 aromatic carbocycles. The van der Waals surface area contributed by atoms with Crippen LogP contribution in [0.25, 0.3) is 0 Å². The molecular weight excluding hydrogens is 228 g/mol. The second-order valence-electron chi connectivity index (χ2n) is 5.74. The predicted molar refractivity (Wildman–Crippen MR) is 67.9 cm³/mol. The third-order valence-corrected chi connectivity index (χ3v) is 1.85. The van der Waals surface area contributed by atoms with Crippen molar-refractivity contribution in [1.82, 2.24) is 9.80 Å². The summed E-state index contributed by atoms with van der Waals surface area (Å²) in [6, 6.07) is 0. The average Bonchev–Trinajstić information content (AvgIpc) is 2.24. The van der Waals surface area contributed by atoms with Gasteiger partial charge in [-0.25, -0.2) is 0 Å². The van der Waals surface area contributed by atoms with Crippen molar-refractivity contribution < 1.29 is 12.8 Å². The van der Waals surface area contributed by atoms with Crippen LogP contribution < -0.4 is 0 Å². The van der Waals surface area contributed by atoms with Crippen molar-refractivity contribution in [2.45, 2.75) is 19.6 Å². The van der Waals surface area contributed by atoms with Crippen LogP contribution in [-0.4, -0.2) is 69.6 Å². The van der Waals surface area contributed by atoms with Crippen molar-refractivity contribution in [2.75, 3.05) is 41.3 Å². The van der Waals surface area contributed by atoms with E-state index in [1.807, 2.05) is 0 Å². The zero-order chi connectivity index (χ0) is 13.2. The summed E-state index contributed by atoms with van der Waals surface area (Å²) in [5, 5.41) is 0. The molecule has 0 radical (unpaired) electrons. The third-order valence-electron chi connectivity index (χ3n) is 1.85. The van der Waals surface area contributed by atoms with E-state index in [0.717, 1.165) is 32.7 Å². The molecule has 3 nitrogen and oxygen atoms in total. The molecule has 0 N–H and O–H groups in total. The van der Waals surface area contributed by atoms with E-state index >= 15 is 0 Å². The van der Waals surface area contributed by atoms with E-state index in [0.29, 0.717) is 0 Å². The number of hydrogen-bond acceptors (Lipinski definition) is 0. The summed E-state index contributed by atoms with van der Waals surface area (Å²) in [6.07, 6.45) is 0. The van der Waals surface area contributed by atoms with E-state index in [-0.39, 0.29) is 0 Å². The molecule has 0 spiro atoms. The monoisotopic (exact) mass is 253 g/mol. The number of rotatable bonds is 0. The SMILES string of the molecule is CN1CCN(C)C1=[N+](C)C.C[Si-](C)(C)(F)F. The minimum absolute atomic E-state index is 1.03. The van der Waals surface area contributed by atoms with E-state index < -0.39 is 8.02 Å². The number of hydrogen-bond donors (Lipinski definition) is 0. The fourth-order valence-electron chi connectivity index (χ4n) is 1.47. The van der Waals surface area contributed by atoms with Crippen LogP contribution in [0.5, 0.6) is 0 Å². The summed E-state index contributed by atoms with van der Waals surface area (Å²) in [4.78, 5) is 4.53. The van der Waals surface area contributed by atoms with E-state index in [9.17, 15) is 8.22 Å². The van der Waals surface area contributed by atoms with Crippen molar-refractivity contribution in [3.8, 4) is 0 Å². The molecule has 0 aromatic rings. The van der Waals surface area contributed by atoms with Crippen molar-refractivity contribution in [3.63, 3.8) is 0 Å². The molecule has 1 aliphatic rings. The van der Waals surface area contributed by atoms with Crippen molar-refractivity contribution in [3.05, 3.63) is 0 Å². The molecule has 6 heteroatoms. The summed E-state index contributed by atoms with van der Waals surface area (Å²) < 4.78 is 25.9. The van der Waals surface area contributed by atoms with Gasteiger partial charge in [0.2, 0.25) is 0 Å². The Labute approximate surface area is 98.1 Å². The molecule has 1 saturated heterocycles. The van der Waals surface area contributed by atoms with Gasteiger partial charge < -0.3 is 0 Å². The molecule has 0 unspecified atom stereocenters. The number of halogens is 2. The van der Waals surface area contributed by atoms with Crippen molar-refractivity contribution >= 4 is 14.0 Å². The molecule has 16 heavy (non-hydrogen) atoms. The second-order valence-corrected chi connectivity index (χ2v) is 11.2. The van der Waals surface area contributed by atoms with Gasteiger partial charge in [0, 0.05) is 0 Å². The summed E-state index contributed by atoms with van der Waals surface area (Å²) in [5.41, 5.74) is 0. The standard InChI is InChI=1S/C7H16N3.C3H9F2Si/c1-8(2)7-9(3)5-6-10(7)4;1-6(2,3,4)5/h5-6H2,1-4H3;1-3H3/q+1;-1. The molecule has 1 fully saturated rings. The van der Waals surface area contributed by atoms with Crippen molar-refractivity contribution in [1.29, 1.82) is 0 Å². The topological polar surface area (TPSA) is 9.49 Å². The first-order chi connectivity index (χ1) is 6.86. The van der Waals surface area contributed by atoms with Crippen LogP contribution in [-0.2, 0) is 0 Å². The minimum atomic E-state index is -4.25. The number of nitrogens with zero attached hydrogens (tertiary/aromatic N) is 3. The van der Waals surface area contributed by atoms with Gasteiger partial charge in [-0.1, -0.05) is 0 Å². The maximum atomic E-state index is 11.9. The first-order valence-corrected chi connectivity index (χ1v) is 9.23. The van der Waals surface area contributed by atoms with Crippen LogP contribution >= 0.6 is 0 Å². The van der Waals surface area contributed by atoms with Crippen LogP contribution in [0.4, 0.5) is 8.22 Å². The molecule has 1 heterocycles. The molecular formula is C10H25F2N3Si. The quantitative estimate of drug-likeness (QED) is 0.369. The molecule has 0 atom stereocenters. The van der Waals surface area contributed by atoms with Gasteiger partial charge in [0.1, 0.15) is 0 Å². The zero-order valence-electron chi connectivity index (χ0n) is 11.5. The van der Waals surface area contributed by atoms with Gasteiger partial charge in [-0.15, -0.1) is 0 Å². The fourth-order valence-corrected chi connectivity index (χ4v) is 1.47. The van der Waals surface area contributed by atoms with Crippen molar-refractivity contribution in [2.24, 2.45) is 0 Å². The molecule has 98 valence electrons. The molecule has 0 amide bonds. The predicted octanol–water partition coefficient (Wildman–Crippen LogP) is 1.70. The van der Waals surface area contributed by atoms with Crippen LogP contribution in [0.2, 0.25) is 19.6 Å². The van der Waals surface area contributed by atoms with E-state index in [4.69, 9.17) is 0 Å². The Kier molecular flexibility index (Phi) is 4.50. The van der Waals surface area contributed by atoms with Crippen LogP contribution in [0.1, 0.15) is 0 Å². The van der Waals surface area contributed by atoms with Crippen LogP contribution in [0.15, 0.2) is 0 Å². The van der Waals surface area contributed by atoms with E-state index in [1.165, 1.54) is 5.96 Å². The number of likely N-dealkylation sites (N-methyl/N-ethyl adjacent to an activating group) is 2. The Hall–Kier alpha value is -0.653. The zero-order valence-corrected chi connectivity index (χ0v) is 12.5. The summed E-state index contributed by atoms with van der Waals surface area (Å²) >= 11 is 0. The maximum absolute atomic E-state index is 11.9. The Morgan fingerprint density at radius 1 is 1.00 bits per heavy atom. The van der Waals surface area contributed by atoms with E-state index in [1.54, 1.807) is 0 Å². The average molecular weight is 253 g/mol. The van der Waals surface area contributed by atoms with Gasteiger partial charge in [0.15, 0.2) is 0 Å². The van der Waals surface area contributed by atoms with Gasteiger partial charge in [0.25, 0.3) is 0 Å². The Morgan fingerprint density at radius 2 is 1.25 bits per heavy atom. The van der Waals surface area contributed by atoms with Gasteiger partial charge in [-0.05, 0) is 0 Å². The number of guanidine groups is 1. The molecule has 0 aliphatic carbocycles. The normalized spacial score (nSPS) is 18.8. The van der Waals surface area contributed by atoms with Crippen LogP contribution in [0, 0.1) is 0 Å². The Bertz CT molecular complexity index is 249. The summed E-state index contributed by atoms with van der Waals surface area (Å²) in [6.45, 7) is 5.37. The summed E-state index contributed by atoms with van der Waals surface area (Å²) in [5.74, 6) is 1.31. The molecule has 0 aromatic heterocycles. The molecule has 1 aliphatic heterocycles. The van der Waals surface area contributed by atoms with Gasteiger partial charge in [-0.2, -0.15) is 0 Å². The van der Waals surface area contributed by atoms with Gasteiger partial charge in [-0.3, -0.25) is 14.4 Å². The third kappa shape index (κ3) is 7.61. The first kappa shape index (κ1) is 15.3. The summed E-state index contributed by atoms with van der Waals surface area (Å²) in [7, 11) is 4.15.